The van der Waals surface area contributed by atoms with E-state index >= 15 is 0 Å². The van der Waals surface area contributed by atoms with Gasteiger partial charge in [-0.25, -0.2) is 4.98 Å². The Morgan fingerprint density at radius 1 is 1.50 bits per heavy atom. The van der Waals surface area contributed by atoms with Crippen molar-refractivity contribution in [2.45, 2.75) is 13.0 Å². The van der Waals surface area contributed by atoms with Crippen LogP contribution in [0.1, 0.15) is 28.1 Å². The normalized spacial score (nSPS) is 18.2. The molecule has 3 heterocycles. The van der Waals surface area contributed by atoms with Gasteiger partial charge in [0.05, 0.1) is 18.8 Å². The van der Waals surface area contributed by atoms with Crippen LogP contribution >= 0.6 is 0 Å². The lowest BCUT2D eigenvalue weighted by molar-refractivity contribution is -0.0251. The van der Waals surface area contributed by atoms with Crippen molar-refractivity contribution in [3.63, 3.8) is 0 Å². The van der Waals surface area contributed by atoms with Gasteiger partial charge in [0.1, 0.15) is 11.9 Å². The predicted octanol–water partition coefficient (Wildman–Crippen LogP) is 0.0820. The molecule has 1 fully saturated rings. The highest BCUT2D eigenvalue weighted by molar-refractivity contribution is 5.92. The first-order chi connectivity index (χ1) is 10.6. The maximum absolute atomic E-state index is 12.4. The number of aromatic amines is 1. The van der Waals surface area contributed by atoms with Crippen LogP contribution in [-0.4, -0.2) is 50.7 Å². The molecule has 2 aromatic rings. The summed E-state index contributed by atoms with van der Waals surface area (Å²) in [5.74, 6) is 0.312. The summed E-state index contributed by atoms with van der Waals surface area (Å²) >= 11 is 0. The molecule has 1 saturated heterocycles. The van der Waals surface area contributed by atoms with Gasteiger partial charge in [-0.3, -0.25) is 9.59 Å². The molecule has 0 radical (unpaired) electrons. The first-order valence-corrected chi connectivity index (χ1v) is 6.90. The molecule has 0 spiro atoms. The minimum absolute atomic E-state index is 0.206. The third-order valence-corrected chi connectivity index (χ3v) is 3.35. The van der Waals surface area contributed by atoms with Crippen LogP contribution < -0.4 is 5.56 Å². The number of carbonyl (C=O) groups excluding carboxylic acids is 1. The van der Waals surface area contributed by atoms with Gasteiger partial charge in [0.25, 0.3) is 11.5 Å². The van der Waals surface area contributed by atoms with Gasteiger partial charge in [0.15, 0.2) is 5.69 Å². The number of nitrogens with one attached hydrogen (secondary N) is 1. The molecule has 0 aromatic carbocycles. The number of morpholine rings is 1. The van der Waals surface area contributed by atoms with Gasteiger partial charge in [0, 0.05) is 18.8 Å². The minimum atomic E-state index is -0.421. The summed E-state index contributed by atoms with van der Waals surface area (Å²) in [7, 11) is 0. The molecule has 1 N–H and O–H groups in total. The van der Waals surface area contributed by atoms with E-state index in [1.54, 1.807) is 24.0 Å². The smallest absolute Gasteiger partial charge is 0.274 e. The van der Waals surface area contributed by atoms with E-state index in [1.165, 1.54) is 12.3 Å². The summed E-state index contributed by atoms with van der Waals surface area (Å²) in [6.45, 7) is 2.87. The summed E-state index contributed by atoms with van der Waals surface area (Å²) in [4.78, 5) is 32.4. The van der Waals surface area contributed by atoms with E-state index < -0.39 is 6.10 Å². The standard InChI is InChI=1S/C14H15N5O3/c1-9-16-11(7-13(20)17-9)12-8-19(5-6-22-12)14(21)10-3-2-4-15-18-10/h2-4,7,12H,5-6,8H2,1H3,(H,16,17,20)/t12-/m0/s1. The number of nitrogens with zero attached hydrogens (tertiary/aromatic N) is 4. The summed E-state index contributed by atoms with van der Waals surface area (Å²) in [5, 5.41) is 7.54. The highest BCUT2D eigenvalue weighted by Gasteiger charge is 2.28. The third kappa shape index (κ3) is 3.01. The van der Waals surface area contributed by atoms with Gasteiger partial charge in [-0.2, -0.15) is 5.10 Å². The highest BCUT2D eigenvalue weighted by Crippen LogP contribution is 2.20. The van der Waals surface area contributed by atoms with E-state index in [0.29, 0.717) is 31.2 Å². The van der Waals surface area contributed by atoms with E-state index in [2.05, 4.69) is 20.2 Å². The van der Waals surface area contributed by atoms with Crippen LogP contribution in [0.2, 0.25) is 0 Å². The Morgan fingerprint density at radius 2 is 2.36 bits per heavy atom. The average molecular weight is 301 g/mol. The van der Waals surface area contributed by atoms with Crippen molar-refractivity contribution in [2.75, 3.05) is 19.7 Å². The maximum atomic E-state index is 12.4. The molecular weight excluding hydrogens is 286 g/mol. The van der Waals surface area contributed by atoms with Gasteiger partial charge in [-0.15, -0.1) is 5.10 Å². The molecule has 0 aliphatic carbocycles. The molecule has 0 saturated carbocycles. The van der Waals surface area contributed by atoms with E-state index in [9.17, 15) is 9.59 Å². The Hall–Kier alpha value is -2.61. The van der Waals surface area contributed by atoms with Crippen LogP contribution in [0.5, 0.6) is 0 Å². The quantitative estimate of drug-likeness (QED) is 0.843. The molecule has 3 rings (SSSR count). The molecular formula is C14H15N5O3. The summed E-state index contributed by atoms with van der Waals surface area (Å²) < 4.78 is 5.65. The number of H-pyrrole nitrogens is 1. The lowest BCUT2D eigenvalue weighted by Crippen LogP contribution is -2.43. The molecule has 8 heteroatoms. The number of carbonyl (C=O) groups is 1. The highest BCUT2D eigenvalue weighted by atomic mass is 16.5. The molecule has 1 amide bonds. The third-order valence-electron chi connectivity index (χ3n) is 3.35. The summed E-state index contributed by atoms with van der Waals surface area (Å²) in [5.41, 5.74) is 0.583. The lowest BCUT2D eigenvalue weighted by Gasteiger charge is -2.32. The Labute approximate surface area is 126 Å². The van der Waals surface area contributed by atoms with Crippen molar-refractivity contribution >= 4 is 5.91 Å². The number of ether oxygens (including phenoxy) is 1. The van der Waals surface area contributed by atoms with Crippen LogP contribution in [0.4, 0.5) is 0 Å². The van der Waals surface area contributed by atoms with Crippen molar-refractivity contribution in [3.05, 3.63) is 52.0 Å². The van der Waals surface area contributed by atoms with Crippen LogP contribution in [0.3, 0.4) is 0 Å². The minimum Gasteiger partial charge on any atom is -0.368 e. The summed E-state index contributed by atoms with van der Waals surface area (Å²) in [6.07, 6.45) is 1.09. The molecule has 1 aliphatic heterocycles. The number of aryl methyl sites for hydroxylation is 1. The van der Waals surface area contributed by atoms with Crippen molar-refractivity contribution in [2.24, 2.45) is 0 Å². The van der Waals surface area contributed by atoms with Crippen LogP contribution in [-0.2, 0) is 4.74 Å². The largest absolute Gasteiger partial charge is 0.368 e. The van der Waals surface area contributed by atoms with Gasteiger partial charge >= 0.3 is 0 Å². The van der Waals surface area contributed by atoms with Crippen LogP contribution in [0.25, 0.3) is 0 Å². The van der Waals surface area contributed by atoms with E-state index in [0.717, 1.165) is 0 Å². The fourth-order valence-electron chi connectivity index (χ4n) is 2.36. The van der Waals surface area contributed by atoms with Gasteiger partial charge in [-0.1, -0.05) is 0 Å². The maximum Gasteiger partial charge on any atom is 0.274 e. The molecule has 22 heavy (non-hydrogen) atoms. The number of hydrogen-bond donors (Lipinski definition) is 1. The molecule has 0 unspecified atom stereocenters. The topological polar surface area (TPSA) is 101 Å². The van der Waals surface area contributed by atoms with Crippen molar-refractivity contribution in [1.82, 2.24) is 25.1 Å². The van der Waals surface area contributed by atoms with Gasteiger partial charge in [-0.05, 0) is 19.1 Å². The number of rotatable bonds is 2. The Bertz CT molecular complexity index is 731. The Balaban J connectivity index is 1.79. The van der Waals surface area contributed by atoms with Crippen molar-refractivity contribution < 1.29 is 9.53 Å². The fraction of sp³-hybridized carbons (Fsp3) is 0.357. The first kappa shape index (κ1) is 14.3. The van der Waals surface area contributed by atoms with Crippen LogP contribution in [0.15, 0.2) is 29.2 Å². The second-order valence-electron chi connectivity index (χ2n) is 4.98. The molecule has 1 atom stereocenters. The van der Waals surface area contributed by atoms with Gasteiger partial charge in [0.2, 0.25) is 0 Å². The molecule has 1 aliphatic rings. The van der Waals surface area contributed by atoms with Crippen LogP contribution in [0, 0.1) is 6.92 Å². The lowest BCUT2D eigenvalue weighted by atomic mass is 10.2. The molecule has 2 aromatic heterocycles. The van der Waals surface area contributed by atoms with E-state index in [1.807, 2.05) is 0 Å². The summed E-state index contributed by atoms with van der Waals surface area (Å²) in [6, 6.07) is 4.68. The SMILES string of the molecule is Cc1nc([C@@H]2CN(C(=O)c3cccnn3)CCO2)cc(=O)[nH]1. The van der Waals surface area contributed by atoms with E-state index in [4.69, 9.17) is 4.74 Å². The zero-order valence-electron chi connectivity index (χ0n) is 12.0. The van der Waals surface area contributed by atoms with Crippen molar-refractivity contribution in [3.8, 4) is 0 Å². The average Bonchev–Trinajstić information content (AvgIpc) is 2.54. The number of aromatic nitrogens is 4. The fourth-order valence-corrected chi connectivity index (χ4v) is 2.36. The zero-order valence-corrected chi connectivity index (χ0v) is 12.0. The zero-order chi connectivity index (χ0) is 15.5. The molecule has 0 bridgehead atoms. The number of amides is 1. The van der Waals surface area contributed by atoms with Gasteiger partial charge < -0.3 is 14.6 Å². The molecule has 8 nitrogen and oxygen atoms in total. The predicted molar refractivity (Wildman–Crippen MR) is 76.2 cm³/mol. The Kier molecular flexibility index (Phi) is 3.92. The number of hydrogen-bond acceptors (Lipinski definition) is 6. The molecule has 114 valence electrons. The Morgan fingerprint density at radius 3 is 3.09 bits per heavy atom. The van der Waals surface area contributed by atoms with Crippen molar-refractivity contribution in [1.29, 1.82) is 0 Å². The van der Waals surface area contributed by atoms with E-state index in [-0.39, 0.29) is 17.2 Å². The second-order valence-corrected chi connectivity index (χ2v) is 4.98. The first-order valence-electron chi connectivity index (χ1n) is 6.90. The monoisotopic (exact) mass is 301 g/mol. The second kappa shape index (κ2) is 6.02.